The quantitative estimate of drug-likeness (QED) is 0.635. The normalized spacial score (nSPS) is 10.7. The van der Waals surface area contributed by atoms with E-state index >= 15 is 0 Å². The molecule has 0 bridgehead atoms. The second kappa shape index (κ2) is 4.75. The van der Waals surface area contributed by atoms with Crippen molar-refractivity contribution in [1.82, 2.24) is 0 Å². The zero-order valence-electron chi connectivity index (χ0n) is 9.80. The molecule has 0 saturated heterocycles. The van der Waals surface area contributed by atoms with Gasteiger partial charge in [-0.25, -0.2) is 0 Å². The second-order valence-electron chi connectivity index (χ2n) is 4.27. The highest BCUT2D eigenvalue weighted by molar-refractivity contribution is 7.09. The average Bonchev–Trinajstić information content (AvgIpc) is 2.91. The first-order chi connectivity index (χ1) is 8.86. The van der Waals surface area contributed by atoms with Crippen LogP contribution in [0.25, 0.3) is 10.8 Å². The van der Waals surface area contributed by atoms with E-state index in [1.807, 2.05) is 30.3 Å². The van der Waals surface area contributed by atoms with Crippen LogP contribution in [0.1, 0.15) is 20.8 Å². The summed E-state index contributed by atoms with van der Waals surface area (Å²) >= 11 is 1.73. The van der Waals surface area contributed by atoms with Gasteiger partial charge in [0.2, 0.25) is 0 Å². The molecule has 0 aliphatic heterocycles. The molecule has 1 nitrogen and oxygen atoms in total. The van der Waals surface area contributed by atoms with Crippen LogP contribution in [0.2, 0.25) is 0 Å². The van der Waals surface area contributed by atoms with E-state index in [9.17, 15) is 4.79 Å². The first-order valence-corrected chi connectivity index (χ1v) is 6.74. The lowest BCUT2D eigenvalue weighted by molar-refractivity contribution is 0.112. The average molecular weight is 252 g/mol. The van der Waals surface area contributed by atoms with Crippen LogP contribution in [-0.2, 0) is 6.42 Å². The van der Waals surface area contributed by atoms with Gasteiger partial charge in [-0.2, -0.15) is 0 Å². The standard InChI is InChI=1S/C16H12OS/c17-11-15-9-13-5-2-1-4-12(13)8-14(15)10-16-6-3-7-18-16/h1-9,11H,10H2. The van der Waals surface area contributed by atoms with Gasteiger partial charge in [0.1, 0.15) is 6.29 Å². The van der Waals surface area contributed by atoms with Crippen LogP contribution in [-0.4, -0.2) is 6.29 Å². The minimum atomic E-state index is 0.794. The highest BCUT2D eigenvalue weighted by Crippen LogP contribution is 2.23. The van der Waals surface area contributed by atoms with Gasteiger partial charge in [0.05, 0.1) is 0 Å². The zero-order chi connectivity index (χ0) is 12.4. The Hall–Kier alpha value is -1.93. The molecule has 0 aliphatic rings. The molecule has 88 valence electrons. The maximum Gasteiger partial charge on any atom is 0.150 e. The molecule has 2 heteroatoms. The van der Waals surface area contributed by atoms with Crippen molar-refractivity contribution in [2.75, 3.05) is 0 Å². The highest BCUT2D eigenvalue weighted by Gasteiger charge is 2.06. The molecule has 0 saturated carbocycles. The van der Waals surface area contributed by atoms with Crippen molar-refractivity contribution in [3.8, 4) is 0 Å². The minimum absolute atomic E-state index is 0.794. The number of hydrogen-bond acceptors (Lipinski definition) is 2. The van der Waals surface area contributed by atoms with E-state index in [4.69, 9.17) is 0 Å². The van der Waals surface area contributed by atoms with Crippen LogP contribution in [0.15, 0.2) is 53.9 Å². The number of rotatable bonds is 3. The Kier molecular flexibility index (Phi) is 2.95. The lowest BCUT2D eigenvalue weighted by atomic mass is 9.99. The van der Waals surface area contributed by atoms with Crippen LogP contribution in [0, 0.1) is 0 Å². The molecule has 0 N–H and O–H groups in total. The fraction of sp³-hybridized carbons (Fsp3) is 0.0625. The molecule has 0 aliphatic carbocycles. The lowest BCUT2D eigenvalue weighted by Gasteiger charge is -2.06. The molecule has 1 heterocycles. The van der Waals surface area contributed by atoms with Gasteiger partial charge in [-0.1, -0.05) is 36.4 Å². The van der Waals surface area contributed by atoms with Crippen molar-refractivity contribution in [2.45, 2.75) is 6.42 Å². The van der Waals surface area contributed by atoms with E-state index in [2.05, 4.69) is 23.6 Å². The van der Waals surface area contributed by atoms with Crippen molar-refractivity contribution in [2.24, 2.45) is 0 Å². The molecule has 0 atom stereocenters. The van der Waals surface area contributed by atoms with Gasteiger partial charge in [0, 0.05) is 16.9 Å². The summed E-state index contributed by atoms with van der Waals surface area (Å²) in [5.74, 6) is 0. The molecule has 2 aromatic carbocycles. The van der Waals surface area contributed by atoms with Crippen molar-refractivity contribution >= 4 is 28.4 Å². The molecule has 3 aromatic rings. The first-order valence-electron chi connectivity index (χ1n) is 5.86. The lowest BCUT2D eigenvalue weighted by Crippen LogP contribution is -1.93. The molecule has 0 spiro atoms. The van der Waals surface area contributed by atoms with Crippen LogP contribution in [0.4, 0.5) is 0 Å². The third-order valence-corrected chi connectivity index (χ3v) is 3.96. The Morgan fingerprint density at radius 3 is 2.44 bits per heavy atom. The van der Waals surface area contributed by atoms with Crippen molar-refractivity contribution in [3.05, 3.63) is 69.9 Å². The summed E-state index contributed by atoms with van der Waals surface area (Å²) in [7, 11) is 0. The highest BCUT2D eigenvalue weighted by atomic mass is 32.1. The maximum absolute atomic E-state index is 11.2. The predicted octanol–water partition coefficient (Wildman–Crippen LogP) is 4.30. The molecule has 0 unspecified atom stereocenters. The summed E-state index contributed by atoms with van der Waals surface area (Å²) in [4.78, 5) is 12.5. The van der Waals surface area contributed by atoms with Gasteiger partial charge in [-0.05, 0) is 33.8 Å². The van der Waals surface area contributed by atoms with Gasteiger partial charge in [0.25, 0.3) is 0 Å². The zero-order valence-corrected chi connectivity index (χ0v) is 10.6. The van der Waals surface area contributed by atoms with Crippen molar-refractivity contribution < 1.29 is 4.79 Å². The molecular formula is C16H12OS. The topological polar surface area (TPSA) is 17.1 Å². The predicted molar refractivity (Wildman–Crippen MR) is 76.5 cm³/mol. The molecule has 3 rings (SSSR count). The third kappa shape index (κ3) is 2.07. The Morgan fingerprint density at radius 2 is 1.78 bits per heavy atom. The molecule has 0 amide bonds. The Bertz CT molecular complexity index is 683. The Morgan fingerprint density at radius 1 is 1.00 bits per heavy atom. The minimum Gasteiger partial charge on any atom is -0.298 e. The molecule has 18 heavy (non-hydrogen) atoms. The van der Waals surface area contributed by atoms with E-state index in [1.54, 1.807) is 11.3 Å². The molecule has 0 radical (unpaired) electrons. The van der Waals surface area contributed by atoms with Crippen LogP contribution < -0.4 is 0 Å². The largest absolute Gasteiger partial charge is 0.298 e. The Labute approximate surface area is 110 Å². The van der Waals surface area contributed by atoms with E-state index in [-0.39, 0.29) is 0 Å². The number of benzene rings is 2. The van der Waals surface area contributed by atoms with E-state index in [1.165, 1.54) is 10.3 Å². The summed E-state index contributed by atoms with van der Waals surface area (Å²) in [6.07, 6.45) is 1.78. The van der Waals surface area contributed by atoms with Crippen LogP contribution in [0.3, 0.4) is 0 Å². The second-order valence-corrected chi connectivity index (χ2v) is 5.30. The fourth-order valence-electron chi connectivity index (χ4n) is 2.17. The van der Waals surface area contributed by atoms with Gasteiger partial charge >= 0.3 is 0 Å². The van der Waals surface area contributed by atoms with Crippen LogP contribution >= 0.6 is 11.3 Å². The number of thiophene rings is 1. The fourth-order valence-corrected chi connectivity index (χ4v) is 2.90. The van der Waals surface area contributed by atoms with Gasteiger partial charge in [-0.3, -0.25) is 4.79 Å². The van der Waals surface area contributed by atoms with Gasteiger partial charge in [0.15, 0.2) is 0 Å². The van der Waals surface area contributed by atoms with Gasteiger partial charge in [-0.15, -0.1) is 11.3 Å². The monoisotopic (exact) mass is 252 g/mol. The van der Waals surface area contributed by atoms with E-state index in [0.717, 1.165) is 29.2 Å². The van der Waals surface area contributed by atoms with E-state index < -0.39 is 0 Å². The maximum atomic E-state index is 11.2. The smallest absolute Gasteiger partial charge is 0.150 e. The number of fused-ring (bicyclic) bond motifs is 1. The Balaban J connectivity index is 2.11. The first kappa shape index (κ1) is 11.2. The summed E-state index contributed by atoms with van der Waals surface area (Å²) < 4.78 is 0. The summed E-state index contributed by atoms with van der Waals surface area (Å²) in [5.41, 5.74) is 1.90. The number of hydrogen-bond donors (Lipinski definition) is 0. The molecule has 1 aromatic heterocycles. The summed E-state index contributed by atoms with van der Waals surface area (Å²) in [6, 6.07) is 16.4. The number of carbonyl (C=O) groups excluding carboxylic acids is 1. The summed E-state index contributed by atoms with van der Waals surface area (Å²) in [5, 5.41) is 4.38. The van der Waals surface area contributed by atoms with E-state index in [0.29, 0.717) is 0 Å². The third-order valence-electron chi connectivity index (χ3n) is 3.08. The summed E-state index contributed by atoms with van der Waals surface area (Å²) in [6.45, 7) is 0. The van der Waals surface area contributed by atoms with Crippen LogP contribution in [0.5, 0.6) is 0 Å². The molecule has 0 fully saturated rings. The van der Waals surface area contributed by atoms with Gasteiger partial charge < -0.3 is 0 Å². The number of aldehydes is 1. The molecular weight excluding hydrogens is 240 g/mol. The van der Waals surface area contributed by atoms with Crippen molar-refractivity contribution in [3.63, 3.8) is 0 Å². The van der Waals surface area contributed by atoms with Crippen molar-refractivity contribution in [1.29, 1.82) is 0 Å². The SMILES string of the molecule is O=Cc1cc2ccccc2cc1Cc1cccs1. The number of carbonyl (C=O) groups is 1.